The monoisotopic (exact) mass is 826 g/mol. The first-order valence-electron chi connectivity index (χ1n) is 18.9. The number of ether oxygens (including phenoxy) is 5. The molecule has 6 rings (SSSR count). The molecule has 0 bridgehead atoms. The molecule has 0 saturated carbocycles. The highest BCUT2D eigenvalue weighted by molar-refractivity contribution is 6.03. The lowest BCUT2D eigenvalue weighted by atomic mass is 10.1. The molecule has 0 aliphatic rings. The van der Waals surface area contributed by atoms with Gasteiger partial charge in [0.1, 0.15) is 54.7 Å². The molecule has 312 valence electrons. The zero-order chi connectivity index (χ0) is 43.2. The minimum Gasteiger partial charge on any atom is -0.508 e. The molecule has 0 unspecified atom stereocenters. The molecule has 0 fully saturated rings. The van der Waals surface area contributed by atoms with E-state index in [2.05, 4.69) is 0 Å². The van der Waals surface area contributed by atoms with E-state index in [0.717, 1.165) is 22.9 Å². The molecule has 0 saturated heterocycles. The SMILES string of the molecule is C#COc1ccc(C(=O)Oc2ccc(CCOCCc3ccc(OOCc4ccc(OCCOc5ccccc5)cc4C(=O)O)cc3)cc2)c(C(=O)O)c1.Oc1ccccc1. The Morgan fingerprint density at radius 2 is 1.08 bits per heavy atom. The van der Waals surface area contributed by atoms with Crippen LogP contribution in [0.15, 0.2) is 146 Å². The molecule has 13 nitrogen and oxygen atoms in total. The Kier molecular flexibility index (Phi) is 17.1. The van der Waals surface area contributed by atoms with Crippen molar-refractivity contribution < 1.29 is 63.2 Å². The molecule has 0 heterocycles. The molecule has 61 heavy (non-hydrogen) atoms. The van der Waals surface area contributed by atoms with Gasteiger partial charge in [0.25, 0.3) is 0 Å². The summed E-state index contributed by atoms with van der Waals surface area (Å²) in [5, 5.41) is 27.8. The molecule has 13 heteroatoms. The van der Waals surface area contributed by atoms with Crippen LogP contribution in [0.3, 0.4) is 0 Å². The van der Waals surface area contributed by atoms with Gasteiger partial charge in [0.15, 0.2) is 5.75 Å². The van der Waals surface area contributed by atoms with Gasteiger partial charge in [-0.25, -0.2) is 14.4 Å². The summed E-state index contributed by atoms with van der Waals surface area (Å²) < 4.78 is 27.3. The number of aromatic hydroxyl groups is 1. The second-order valence-electron chi connectivity index (χ2n) is 12.8. The van der Waals surface area contributed by atoms with E-state index in [9.17, 15) is 24.6 Å². The first kappa shape index (κ1) is 44.3. The van der Waals surface area contributed by atoms with E-state index in [1.807, 2.05) is 54.6 Å². The highest BCUT2D eigenvalue weighted by Crippen LogP contribution is 2.23. The van der Waals surface area contributed by atoms with Gasteiger partial charge in [0, 0.05) is 0 Å². The third-order valence-electron chi connectivity index (χ3n) is 8.55. The number of carbonyl (C=O) groups excluding carboxylic acids is 1. The molecular formula is C48H42O13. The third-order valence-corrected chi connectivity index (χ3v) is 8.55. The van der Waals surface area contributed by atoms with E-state index in [1.165, 1.54) is 18.2 Å². The normalized spacial score (nSPS) is 10.3. The van der Waals surface area contributed by atoms with Crippen molar-refractivity contribution in [2.24, 2.45) is 0 Å². The number of para-hydroxylation sites is 2. The van der Waals surface area contributed by atoms with Gasteiger partial charge in [-0.2, -0.15) is 4.89 Å². The Morgan fingerprint density at radius 3 is 1.66 bits per heavy atom. The predicted octanol–water partition coefficient (Wildman–Crippen LogP) is 8.43. The first-order chi connectivity index (χ1) is 29.7. The lowest BCUT2D eigenvalue weighted by Crippen LogP contribution is -2.14. The number of phenolic OH excluding ortho intramolecular Hbond substituents is 1. The molecule has 0 aliphatic heterocycles. The molecule has 0 aliphatic carbocycles. The Labute approximate surface area is 352 Å². The van der Waals surface area contributed by atoms with Crippen LogP contribution in [0.2, 0.25) is 0 Å². The maximum atomic E-state index is 12.7. The number of terminal acetylenes is 1. The number of phenols is 1. The zero-order valence-corrected chi connectivity index (χ0v) is 32.8. The van der Waals surface area contributed by atoms with E-state index < -0.39 is 17.9 Å². The van der Waals surface area contributed by atoms with Crippen molar-refractivity contribution in [2.45, 2.75) is 19.4 Å². The molecule has 3 N–H and O–H groups in total. The Bertz CT molecular complexity index is 2360. The van der Waals surface area contributed by atoms with Crippen LogP contribution in [-0.2, 0) is 29.1 Å². The largest absolute Gasteiger partial charge is 0.508 e. The standard InChI is InChI=1S/C42H36O12.C6H6O/c1-2-49-35-18-19-37(39(27-35)41(45)46)42(47)53-33-13-8-29(9-14-33)20-22-48-23-21-30-10-15-34(16-11-30)54-52-28-31-12-17-36(26-38(31)40(43)44)51-25-24-50-32-6-4-3-5-7-32;7-6-4-2-1-3-5-6/h1,3-19,26-27H,20-25,28H2,(H,43,44)(H,45,46);1-5,7H. The molecule has 0 spiro atoms. The van der Waals surface area contributed by atoms with Gasteiger partial charge >= 0.3 is 17.9 Å². The minimum absolute atomic E-state index is 0.0436. The summed E-state index contributed by atoms with van der Waals surface area (Å²) in [6, 6.07) is 40.7. The average molecular weight is 827 g/mol. The zero-order valence-electron chi connectivity index (χ0n) is 32.8. The van der Waals surface area contributed by atoms with E-state index in [4.69, 9.17) is 45.0 Å². The van der Waals surface area contributed by atoms with Crippen LogP contribution < -0.4 is 23.8 Å². The maximum Gasteiger partial charge on any atom is 0.344 e. The lowest BCUT2D eigenvalue weighted by Gasteiger charge is -2.12. The third kappa shape index (κ3) is 14.8. The smallest absolute Gasteiger partial charge is 0.344 e. The van der Waals surface area contributed by atoms with Gasteiger partial charge in [-0.05, 0) is 108 Å². The highest BCUT2D eigenvalue weighted by atomic mass is 17.2. The van der Waals surface area contributed by atoms with Crippen molar-refractivity contribution in [3.8, 4) is 47.0 Å². The number of rotatable bonds is 20. The fraction of sp³-hybridized carbons (Fsp3) is 0.146. The molecular weight excluding hydrogens is 785 g/mol. The van der Waals surface area contributed by atoms with Crippen molar-refractivity contribution in [1.29, 1.82) is 0 Å². The second kappa shape index (κ2) is 23.6. The van der Waals surface area contributed by atoms with Crippen LogP contribution in [0.25, 0.3) is 0 Å². The Balaban J connectivity index is 0.000000912. The quantitative estimate of drug-likeness (QED) is 0.0167. The number of benzene rings is 6. The summed E-state index contributed by atoms with van der Waals surface area (Å²) in [5.41, 5.74) is 2.03. The summed E-state index contributed by atoms with van der Waals surface area (Å²) in [6.07, 6.45) is 8.33. The average Bonchev–Trinajstić information content (AvgIpc) is 3.27. The molecule has 0 aromatic heterocycles. The van der Waals surface area contributed by atoms with E-state index in [-0.39, 0.29) is 41.4 Å². The van der Waals surface area contributed by atoms with Crippen LogP contribution in [0.1, 0.15) is 47.8 Å². The topological polar surface area (TPSA) is 177 Å². The molecule has 6 aromatic carbocycles. The van der Waals surface area contributed by atoms with Gasteiger partial charge in [-0.15, -0.1) is 0 Å². The molecule has 6 aromatic rings. The Morgan fingerprint density at radius 1 is 0.541 bits per heavy atom. The van der Waals surface area contributed by atoms with Gasteiger partial charge in [-0.3, -0.25) is 0 Å². The number of carboxylic acids is 2. The fourth-order valence-corrected chi connectivity index (χ4v) is 5.48. The summed E-state index contributed by atoms with van der Waals surface area (Å²) in [7, 11) is 0. The number of carboxylic acid groups (broad SMARTS) is 2. The highest BCUT2D eigenvalue weighted by Gasteiger charge is 2.20. The van der Waals surface area contributed by atoms with Crippen LogP contribution in [-0.4, -0.2) is 59.7 Å². The van der Waals surface area contributed by atoms with Crippen LogP contribution >= 0.6 is 0 Å². The van der Waals surface area contributed by atoms with Crippen molar-refractivity contribution in [1.82, 2.24) is 0 Å². The maximum absolute atomic E-state index is 12.7. The number of esters is 1. The number of carbonyl (C=O) groups is 3. The van der Waals surface area contributed by atoms with Crippen molar-refractivity contribution in [2.75, 3.05) is 26.4 Å². The second-order valence-corrected chi connectivity index (χ2v) is 12.8. The summed E-state index contributed by atoms with van der Waals surface area (Å²) >= 11 is 0. The van der Waals surface area contributed by atoms with Gasteiger partial charge in [0.2, 0.25) is 0 Å². The number of aromatic carboxylic acids is 2. The first-order valence-corrected chi connectivity index (χ1v) is 18.9. The summed E-state index contributed by atoms with van der Waals surface area (Å²) in [6.45, 7) is 1.42. The van der Waals surface area contributed by atoms with Crippen molar-refractivity contribution >= 4 is 17.9 Å². The van der Waals surface area contributed by atoms with Crippen molar-refractivity contribution in [3.05, 3.63) is 179 Å². The van der Waals surface area contributed by atoms with Crippen LogP contribution in [0.5, 0.6) is 34.5 Å². The van der Waals surface area contributed by atoms with E-state index >= 15 is 0 Å². The minimum atomic E-state index is -1.32. The predicted molar refractivity (Wildman–Crippen MR) is 223 cm³/mol. The lowest BCUT2D eigenvalue weighted by molar-refractivity contribution is -0.217. The summed E-state index contributed by atoms with van der Waals surface area (Å²) in [4.78, 5) is 46.9. The number of hydrogen-bond acceptors (Lipinski definition) is 11. The molecule has 0 amide bonds. The molecule has 0 atom stereocenters. The van der Waals surface area contributed by atoms with E-state index in [1.54, 1.807) is 72.8 Å². The van der Waals surface area contributed by atoms with Crippen LogP contribution in [0, 0.1) is 12.5 Å². The van der Waals surface area contributed by atoms with Crippen LogP contribution in [0.4, 0.5) is 0 Å². The summed E-state index contributed by atoms with van der Waals surface area (Å²) in [5.74, 6) is -0.977. The fourth-order valence-electron chi connectivity index (χ4n) is 5.48. The Hall–Kier alpha value is -7.79. The van der Waals surface area contributed by atoms with Gasteiger partial charge < -0.3 is 43.9 Å². The number of hydrogen-bond donors (Lipinski definition) is 3. The van der Waals surface area contributed by atoms with Gasteiger partial charge in [0.05, 0.1) is 29.9 Å². The molecule has 0 radical (unpaired) electrons. The van der Waals surface area contributed by atoms with E-state index in [0.29, 0.717) is 55.5 Å². The van der Waals surface area contributed by atoms with Crippen molar-refractivity contribution in [3.63, 3.8) is 0 Å². The van der Waals surface area contributed by atoms with Gasteiger partial charge in [-0.1, -0.05) is 73.2 Å².